The topological polar surface area (TPSA) is 61.4 Å². The molecule has 0 aliphatic carbocycles. The Morgan fingerprint density at radius 3 is 2.06 bits per heavy atom. The third kappa shape index (κ3) is 8.23. The lowest BCUT2D eigenvalue weighted by Gasteiger charge is -2.17. The van der Waals surface area contributed by atoms with Gasteiger partial charge in [-0.3, -0.25) is 9.59 Å². The zero-order valence-electron chi connectivity index (χ0n) is 10.7. The van der Waals surface area contributed by atoms with Crippen LogP contribution in [0.1, 0.15) is 20.8 Å². The quantitative estimate of drug-likeness (QED) is 0.637. The van der Waals surface area contributed by atoms with Crippen LogP contribution in [0.25, 0.3) is 0 Å². The first-order valence-corrected chi connectivity index (χ1v) is 5.64. The van der Waals surface area contributed by atoms with Crippen molar-refractivity contribution in [1.29, 1.82) is 0 Å². The second kappa shape index (κ2) is 8.10. The molecule has 0 radical (unpaired) electrons. The normalized spacial score (nSPS) is 10.6. The lowest BCUT2D eigenvalue weighted by atomic mass is 10.2. The summed E-state index contributed by atoms with van der Waals surface area (Å²) in [5, 5.41) is 5.57. The van der Waals surface area contributed by atoms with Crippen LogP contribution in [0.5, 0.6) is 0 Å². The van der Waals surface area contributed by atoms with Gasteiger partial charge in [-0.05, 0) is 7.05 Å². The number of carbonyl (C=O) groups excluding carboxylic acids is 2. The first kappa shape index (κ1) is 14.9. The van der Waals surface area contributed by atoms with E-state index in [4.69, 9.17) is 0 Å². The van der Waals surface area contributed by atoms with Crippen molar-refractivity contribution in [2.75, 3.05) is 33.2 Å². The zero-order valence-corrected chi connectivity index (χ0v) is 10.7. The van der Waals surface area contributed by atoms with Gasteiger partial charge in [0, 0.05) is 39.0 Å². The van der Waals surface area contributed by atoms with Crippen LogP contribution in [-0.2, 0) is 9.59 Å². The van der Waals surface area contributed by atoms with Gasteiger partial charge in [-0.1, -0.05) is 13.8 Å². The number of carbonyl (C=O) groups is 2. The Kier molecular flexibility index (Phi) is 7.54. The maximum absolute atomic E-state index is 11.2. The van der Waals surface area contributed by atoms with Crippen molar-refractivity contribution in [3.05, 3.63) is 0 Å². The molecule has 0 fully saturated rings. The molecule has 5 heteroatoms. The van der Waals surface area contributed by atoms with Gasteiger partial charge in [0.2, 0.25) is 11.8 Å². The first-order valence-electron chi connectivity index (χ1n) is 5.64. The molecule has 2 N–H and O–H groups in total. The fraction of sp³-hybridized carbons (Fsp3) is 0.818. The molecule has 0 rings (SSSR count). The average molecular weight is 229 g/mol. The van der Waals surface area contributed by atoms with Gasteiger partial charge >= 0.3 is 0 Å². The van der Waals surface area contributed by atoms with Crippen molar-refractivity contribution in [1.82, 2.24) is 15.5 Å². The summed E-state index contributed by atoms with van der Waals surface area (Å²) in [6, 6.07) is 0. The van der Waals surface area contributed by atoms with Gasteiger partial charge in [0.15, 0.2) is 0 Å². The highest BCUT2D eigenvalue weighted by Crippen LogP contribution is 1.89. The molecule has 0 heterocycles. The second-order valence-corrected chi connectivity index (χ2v) is 4.23. The van der Waals surface area contributed by atoms with Crippen molar-refractivity contribution in [3.63, 3.8) is 0 Å². The standard InChI is InChI=1S/C11H23N3O2/c1-9(2)11(16)13-6-8-14(4)7-5-12-10(3)15/h9H,5-8H2,1-4H3,(H,12,15)(H,13,16). The fourth-order valence-electron chi connectivity index (χ4n) is 1.11. The molecular formula is C11H23N3O2. The van der Waals surface area contributed by atoms with Gasteiger partial charge in [-0.15, -0.1) is 0 Å². The summed E-state index contributed by atoms with van der Waals surface area (Å²) in [5.41, 5.74) is 0. The molecule has 0 aromatic heterocycles. The van der Waals surface area contributed by atoms with Crippen LogP contribution in [0.15, 0.2) is 0 Å². The van der Waals surface area contributed by atoms with Crippen LogP contribution < -0.4 is 10.6 Å². The van der Waals surface area contributed by atoms with Gasteiger partial charge in [0.1, 0.15) is 0 Å². The smallest absolute Gasteiger partial charge is 0.222 e. The third-order valence-corrected chi connectivity index (χ3v) is 2.18. The van der Waals surface area contributed by atoms with E-state index < -0.39 is 0 Å². The molecule has 0 spiro atoms. The zero-order chi connectivity index (χ0) is 12.6. The van der Waals surface area contributed by atoms with E-state index >= 15 is 0 Å². The SMILES string of the molecule is CC(=O)NCCN(C)CCNC(=O)C(C)C. The van der Waals surface area contributed by atoms with E-state index in [-0.39, 0.29) is 17.7 Å². The minimum absolute atomic E-state index is 0.0125. The van der Waals surface area contributed by atoms with Crippen molar-refractivity contribution < 1.29 is 9.59 Å². The summed E-state index contributed by atoms with van der Waals surface area (Å²) in [6.45, 7) is 8.11. The van der Waals surface area contributed by atoms with Crippen LogP contribution >= 0.6 is 0 Å². The van der Waals surface area contributed by atoms with Crippen molar-refractivity contribution in [2.24, 2.45) is 5.92 Å². The summed E-state index contributed by atoms with van der Waals surface area (Å²) in [5.74, 6) is 0.0986. The monoisotopic (exact) mass is 229 g/mol. The Morgan fingerprint density at radius 2 is 1.62 bits per heavy atom. The second-order valence-electron chi connectivity index (χ2n) is 4.23. The molecule has 0 aliphatic rings. The van der Waals surface area contributed by atoms with Crippen LogP contribution in [0, 0.1) is 5.92 Å². The van der Waals surface area contributed by atoms with E-state index in [0.717, 1.165) is 13.1 Å². The molecule has 0 aromatic carbocycles. The Balaban J connectivity index is 3.47. The maximum atomic E-state index is 11.2. The molecule has 0 aromatic rings. The van der Waals surface area contributed by atoms with E-state index in [1.54, 1.807) is 0 Å². The van der Waals surface area contributed by atoms with E-state index in [0.29, 0.717) is 13.1 Å². The molecular weight excluding hydrogens is 206 g/mol. The largest absolute Gasteiger partial charge is 0.355 e. The number of likely N-dealkylation sites (N-methyl/N-ethyl adjacent to an activating group) is 1. The summed E-state index contributed by atoms with van der Waals surface area (Å²) < 4.78 is 0. The van der Waals surface area contributed by atoms with Gasteiger partial charge in [-0.25, -0.2) is 0 Å². The lowest BCUT2D eigenvalue weighted by molar-refractivity contribution is -0.124. The molecule has 0 bridgehead atoms. The van der Waals surface area contributed by atoms with Crippen LogP contribution in [0.4, 0.5) is 0 Å². The number of nitrogens with zero attached hydrogens (tertiary/aromatic N) is 1. The number of hydrogen-bond acceptors (Lipinski definition) is 3. The molecule has 5 nitrogen and oxygen atoms in total. The van der Waals surface area contributed by atoms with Gasteiger partial charge in [-0.2, -0.15) is 0 Å². The Labute approximate surface area is 97.6 Å². The number of rotatable bonds is 7. The number of hydrogen-bond donors (Lipinski definition) is 2. The fourth-order valence-corrected chi connectivity index (χ4v) is 1.11. The number of amides is 2. The molecule has 0 unspecified atom stereocenters. The highest BCUT2D eigenvalue weighted by atomic mass is 16.2. The highest BCUT2D eigenvalue weighted by molar-refractivity contribution is 5.77. The third-order valence-electron chi connectivity index (χ3n) is 2.18. The summed E-state index contributed by atoms with van der Waals surface area (Å²) in [4.78, 5) is 23.9. The molecule has 0 atom stereocenters. The minimum atomic E-state index is -0.0125. The minimum Gasteiger partial charge on any atom is -0.355 e. The highest BCUT2D eigenvalue weighted by Gasteiger charge is 2.05. The maximum Gasteiger partial charge on any atom is 0.222 e. The van der Waals surface area contributed by atoms with E-state index in [1.165, 1.54) is 6.92 Å². The summed E-state index contributed by atoms with van der Waals surface area (Å²) >= 11 is 0. The first-order chi connectivity index (χ1) is 7.43. The molecule has 0 saturated heterocycles. The molecule has 0 saturated carbocycles. The predicted molar refractivity (Wildman–Crippen MR) is 64.0 cm³/mol. The Bertz CT molecular complexity index is 229. The molecule has 94 valence electrons. The Morgan fingerprint density at radius 1 is 1.12 bits per heavy atom. The molecule has 0 aliphatic heterocycles. The van der Waals surface area contributed by atoms with Crippen molar-refractivity contribution >= 4 is 11.8 Å². The van der Waals surface area contributed by atoms with Gasteiger partial charge in [0.05, 0.1) is 0 Å². The van der Waals surface area contributed by atoms with Crippen LogP contribution in [0.3, 0.4) is 0 Å². The summed E-state index contributed by atoms with van der Waals surface area (Å²) in [6.07, 6.45) is 0. The summed E-state index contributed by atoms with van der Waals surface area (Å²) in [7, 11) is 1.96. The van der Waals surface area contributed by atoms with E-state index in [9.17, 15) is 9.59 Å². The van der Waals surface area contributed by atoms with Gasteiger partial charge in [0.25, 0.3) is 0 Å². The Hall–Kier alpha value is -1.10. The van der Waals surface area contributed by atoms with Crippen LogP contribution in [0.2, 0.25) is 0 Å². The van der Waals surface area contributed by atoms with Crippen molar-refractivity contribution in [3.8, 4) is 0 Å². The van der Waals surface area contributed by atoms with Crippen LogP contribution in [-0.4, -0.2) is 49.9 Å². The van der Waals surface area contributed by atoms with Crippen molar-refractivity contribution in [2.45, 2.75) is 20.8 Å². The molecule has 2 amide bonds. The lowest BCUT2D eigenvalue weighted by Crippen LogP contribution is -2.38. The average Bonchev–Trinajstić information content (AvgIpc) is 2.16. The van der Waals surface area contributed by atoms with E-state index in [1.807, 2.05) is 20.9 Å². The van der Waals surface area contributed by atoms with Gasteiger partial charge < -0.3 is 15.5 Å². The number of nitrogens with one attached hydrogen (secondary N) is 2. The predicted octanol–water partition coefficient (Wildman–Crippen LogP) is -0.173. The van der Waals surface area contributed by atoms with E-state index in [2.05, 4.69) is 15.5 Å². The molecule has 16 heavy (non-hydrogen) atoms.